The fourth-order valence-corrected chi connectivity index (χ4v) is 4.03. The summed E-state index contributed by atoms with van der Waals surface area (Å²) in [4.78, 5) is 0. The summed E-state index contributed by atoms with van der Waals surface area (Å²) in [5.74, 6) is 0.700. The maximum atomic E-state index is 12.3. The minimum atomic E-state index is -3.18. The molecular formula is C15H22Cl2O2S. The molecule has 0 unspecified atom stereocenters. The van der Waals surface area contributed by atoms with Crippen LogP contribution in [0.1, 0.15) is 32.8 Å². The zero-order valence-electron chi connectivity index (χ0n) is 12.2. The number of alkyl halides is 2. The predicted octanol–water partition coefficient (Wildman–Crippen LogP) is 4.01. The van der Waals surface area contributed by atoms with Gasteiger partial charge in [-0.3, -0.25) is 0 Å². The van der Waals surface area contributed by atoms with Crippen LogP contribution in [0.3, 0.4) is 0 Å². The third kappa shape index (κ3) is 3.90. The van der Waals surface area contributed by atoms with Gasteiger partial charge in [0, 0.05) is 17.2 Å². The Morgan fingerprint density at radius 1 is 1.00 bits per heavy atom. The lowest BCUT2D eigenvalue weighted by Crippen LogP contribution is -2.37. The van der Waals surface area contributed by atoms with Crippen LogP contribution >= 0.6 is 23.2 Å². The summed E-state index contributed by atoms with van der Waals surface area (Å²) in [5.41, 5.74) is 0.497. The molecule has 0 saturated heterocycles. The molecule has 0 saturated carbocycles. The zero-order chi connectivity index (χ0) is 15.4. The number of hydrogen-bond donors (Lipinski definition) is 0. The molecular weight excluding hydrogens is 315 g/mol. The molecule has 1 aromatic carbocycles. The van der Waals surface area contributed by atoms with E-state index in [0.717, 1.165) is 5.56 Å². The normalized spacial score (nSPS) is 13.4. The van der Waals surface area contributed by atoms with Crippen molar-refractivity contribution in [1.82, 2.24) is 0 Å². The molecule has 20 heavy (non-hydrogen) atoms. The fraction of sp³-hybridized carbons (Fsp3) is 0.600. The standard InChI is InChI=1S/C15H22Cl2O2S/c1-14(2,3)20(18,19)10-9-15(11-16,12-17)13-7-5-4-6-8-13/h4-8H,9-12H2,1-3H3. The summed E-state index contributed by atoms with van der Waals surface area (Å²) in [6.45, 7) is 5.15. The van der Waals surface area contributed by atoms with E-state index in [1.54, 1.807) is 20.8 Å². The topological polar surface area (TPSA) is 34.1 Å². The first kappa shape index (κ1) is 17.8. The van der Waals surface area contributed by atoms with Gasteiger partial charge < -0.3 is 0 Å². The van der Waals surface area contributed by atoms with E-state index in [2.05, 4.69) is 0 Å². The number of sulfone groups is 1. The zero-order valence-corrected chi connectivity index (χ0v) is 14.5. The van der Waals surface area contributed by atoms with Crippen molar-refractivity contribution >= 4 is 33.0 Å². The van der Waals surface area contributed by atoms with E-state index >= 15 is 0 Å². The Kier molecular flexibility index (Phi) is 5.94. The van der Waals surface area contributed by atoms with Crippen LogP contribution in [-0.4, -0.2) is 30.7 Å². The smallest absolute Gasteiger partial charge is 0.155 e. The number of halogens is 2. The molecule has 0 spiro atoms. The maximum Gasteiger partial charge on any atom is 0.155 e. The average Bonchev–Trinajstić information content (AvgIpc) is 2.40. The quantitative estimate of drug-likeness (QED) is 0.735. The first-order valence-electron chi connectivity index (χ1n) is 6.58. The molecule has 0 aliphatic carbocycles. The van der Waals surface area contributed by atoms with Gasteiger partial charge >= 0.3 is 0 Å². The van der Waals surface area contributed by atoms with Gasteiger partial charge in [0.2, 0.25) is 0 Å². The molecule has 0 aliphatic rings. The van der Waals surface area contributed by atoms with E-state index in [1.165, 1.54) is 0 Å². The molecule has 0 radical (unpaired) electrons. The molecule has 1 rings (SSSR count). The third-order valence-corrected chi connectivity index (χ3v) is 7.31. The van der Waals surface area contributed by atoms with Crippen molar-refractivity contribution in [3.05, 3.63) is 35.9 Å². The van der Waals surface area contributed by atoms with Gasteiger partial charge in [-0.05, 0) is 32.8 Å². The molecule has 0 aromatic heterocycles. The Hall–Kier alpha value is -0.250. The Morgan fingerprint density at radius 2 is 1.50 bits per heavy atom. The molecule has 0 bridgehead atoms. The lowest BCUT2D eigenvalue weighted by molar-refractivity contribution is 0.502. The molecule has 0 aliphatic heterocycles. The van der Waals surface area contributed by atoms with Gasteiger partial charge in [0.1, 0.15) is 0 Å². The maximum absolute atomic E-state index is 12.3. The number of rotatable bonds is 6. The molecule has 2 nitrogen and oxygen atoms in total. The average molecular weight is 337 g/mol. The predicted molar refractivity (Wildman–Crippen MR) is 87.7 cm³/mol. The van der Waals surface area contributed by atoms with E-state index in [1.807, 2.05) is 30.3 Å². The van der Waals surface area contributed by atoms with Crippen LogP contribution in [0.4, 0.5) is 0 Å². The van der Waals surface area contributed by atoms with Crippen LogP contribution in [0.5, 0.6) is 0 Å². The Labute approximate surface area is 132 Å². The first-order chi connectivity index (χ1) is 9.18. The number of benzene rings is 1. The summed E-state index contributed by atoms with van der Waals surface area (Å²) >= 11 is 12.2. The Morgan fingerprint density at radius 3 is 1.90 bits per heavy atom. The summed E-state index contributed by atoms with van der Waals surface area (Å²) in [6.07, 6.45) is 0.434. The number of hydrogen-bond acceptors (Lipinski definition) is 2. The SMILES string of the molecule is CC(C)(C)S(=O)(=O)CCC(CCl)(CCl)c1ccccc1. The largest absolute Gasteiger partial charge is 0.228 e. The summed E-state index contributed by atoms with van der Waals surface area (Å²) < 4.78 is 23.8. The van der Waals surface area contributed by atoms with Crippen molar-refractivity contribution in [3.63, 3.8) is 0 Å². The molecule has 0 amide bonds. The summed E-state index contributed by atoms with van der Waals surface area (Å²) in [5, 5.41) is 0. The van der Waals surface area contributed by atoms with Gasteiger partial charge in [-0.1, -0.05) is 30.3 Å². The van der Waals surface area contributed by atoms with Gasteiger partial charge in [0.15, 0.2) is 9.84 Å². The lowest BCUT2D eigenvalue weighted by Gasteiger charge is -2.31. The van der Waals surface area contributed by atoms with E-state index in [9.17, 15) is 8.42 Å². The highest BCUT2D eigenvalue weighted by Gasteiger charge is 2.35. The van der Waals surface area contributed by atoms with E-state index < -0.39 is 20.0 Å². The minimum absolute atomic E-state index is 0.0881. The monoisotopic (exact) mass is 336 g/mol. The van der Waals surface area contributed by atoms with Crippen LogP contribution in [0.25, 0.3) is 0 Å². The molecule has 0 atom stereocenters. The van der Waals surface area contributed by atoms with Crippen LogP contribution < -0.4 is 0 Å². The highest BCUT2D eigenvalue weighted by atomic mass is 35.5. The molecule has 0 heterocycles. The van der Waals surface area contributed by atoms with Gasteiger partial charge in [-0.2, -0.15) is 0 Å². The van der Waals surface area contributed by atoms with Crippen molar-refractivity contribution in [1.29, 1.82) is 0 Å². The molecule has 114 valence electrons. The highest BCUT2D eigenvalue weighted by Crippen LogP contribution is 2.33. The van der Waals surface area contributed by atoms with Gasteiger partial charge in [0.05, 0.1) is 10.5 Å². The summed E-state index contributed by atoms with van der Waals surface area (Å²) in [7, 11) is -3.18. The first-order valence-corrected chi connectivity index (χ1v) is 9.30. The second-order valence-electron chi connectivity index (χ2n) is 6.09. The van der Waals surface area contributed by atoms with Crippen LogP contribution in [0.2, 0.25) is 0 Å². The highest BCUT2D eigenvalue weighted by molar-refractivity contribution is 7.92. The van der Waals surface area contributed by atoms with Crippen molar-refractivity contribution in [2.75, 3.05) is 17.5 Å². The van der Waals surface area contributed by atoms with Gasteiger partial charge in [-0.25, -0.2) is 8.42 Å². The van der Waals surface area contributed by atoms with Crippen molar-refractivity contribution in [2.24, 2.45) is 0 Å². The lowest BCUT2D eigenvalue weighted by atomic mass is 9.82. The van der Waals surface area contributed by atoms with Crippen molar-refractivity contribution in [3.8, 4) is 0 Å². The van der Waals surface area contributed by atoms with Crippen LogP contribution in [0.15, 0.2) is 30.3 Å². The second kappa shape index (κ2) is 6.67. The third-order valence-electron chi connectivity index (χ3n) is 3.68. The van der Waals surface area contributed by atoms with E-state index in [-0.39, 0.29) is 5.75 Å². The van der Waals surface area contributed by atoms with Gasteiger partial charge in [0.25, 0.3) is 0 Å². The van der Waals surface area contributed by atoms with Crippen molar-refractivity contribution < 1.29 is 8.42 Å². The molecule has 1 aromatic rings. The molecule has 0 N–H and O–H groups in total. The van der Waals surface area contributed by atoms with E-state index in [0.29, 0.717) is 18.2 Å². The second-order valence-corrected chi connectivity index (χ2v) is 9.49. The minimum Gasteiger partial charge on any atom is -0.228 e. The fourth-order valence-electron chi connectivity index (χ4n) is 1.90. The van der Waals surface area contributed by atoms with Crippen LogP contribution in [-0.2, 0) is 15.3 Å². The van der Waals surface area contributed by atoms with Gasteiger partial charge in [-0.15, -0.1) is 23.2 Å². The molecule has 0 fully saturated rings. The molecule has 5 heteroatoms. The summed E-state index contributed by atoms with van der Waals surface area (Å²) in [6, 6.07) is 9.66. The Bertz CT molecular complexity index is 515. The Balaban J connectivity index is 3.01. The van der Waals surface area contributed by atoms with Crippen molar-refractivity contribution in [2.45, 2.75) is 37.4 Å². The van der Waals surface area contributed by atoms with E-state index in [4.69, 9.17) is 23.2 Å². The van der Waals surface area contributed by atoms with Crippen LogP contribution in [0, 0.1) is 0 Å².